The molecule has 0 spiro atoms. The van der Waals surface area contributed by atoms with Crippen molar-refractivity contribution >= 4 is 41.5 Å². The van der Waals surface area contributed by atoms with Crippen molar-refractivity contribution in [1.82, 2.24) is 10.2 Å². The topological polar surface area (TPSA) is 27.6 Å². The Balaban J connectivity index is 0.00000200. The minimum Gasteiger partial charge on any atom is -0.352 e. The maximum atomic E-state index is 6.17. The Kier molecular flexibility index (Phi) is 7.66. The van der Waals surface area contributed by atoms with Crippen molar-refractivity contribution in [3.05, 3.63) is 34.9 Å². The van der Waals surface area contributed by atoms with E-state index in [1.165, 1.54) is 12.8 Å². The number of benzene rings is 1. The van der Waals surface area contributed by atoms with Crippen molar-refractivity contribution in [2.45, 2.75) is 26.3 Å². The van der Waals surface area contributed by atoms with Crippen LogP contribution >= 0.6 is 35.6 Å². The molecule has 1 atom stereocenters. The molecule has 0 saturated carbocycles. The molecule has 2 rings (SSSR count). The van der Waals surface area contributed by atoms with Crippen LogP contribution in [-0.2, 0) is 6.54 Å². The molecule has 1 saturated heterocycles. The van der Waals surface area contributed by atoms with E-state index >= 15 is 0 Å². The minimum absolute atomic E-state index is 0. The normalized spacial score (nSPS) is 19.4. The summed E-state index contributed by atoms with van der Waals surface area (Å²) < 4.78 is 0. The van der Waals surface area contributed by atoms with Crippen LogP contribution in [0.3, 0.4) is 0 Å². The van der Waals surface area contributed by atoms with E-state index in [-0.39, 0.29) is 24.0 Å². The lowest BCUT2D eigenvalue weighted by Crippen LogP contribution is -2.45. The molecule has 1 heterocycles. The highest BCUT2D eigenvalue weighted by molar-refractivity contribution is 14.0. The van der Waals surface area contributed by atoms with Gasteiger partial charge in [0.25, 0.3) is 0 Å². The summed E-state index contributed by atoms with van der Waals surface area (Å²) in [5, 5.41) is 4.21. The van der Waals surface area contributed by atoms with Gasteiger partial charge in [0.15, 0.2) is 5.96 Å². The zero-order chi connectivity index (χ0) is 13.7. The molecule has 1 aliphatic heterocycles. The maximum absolute atomic E-state index is 6.17. The number of halogens is 2. The summed E-state index contributed by atoms with van der Waals surface area (Å²) in [6.45, 7) is 5.19. The van der Waals surface area contributed by atoms with Crippen LogP contribution in [0.1, 0.15) is 25.3 Å². The number of guanidine groups is 1. The highest BCUT2D eigenvalue weighted by Gasteiger charge is 2.19. The summed E-state index contributed by atoms with van der Waals surface area (Å²) in [6.07, 6.45) is 2.56. The average Bonchev–Trinajstić information content (AvgIpc) is 2.41. The van der Waals surface area contributed by atoms with E-state index in [2.05, 4.69) is 22.1 Å². The molecule has 1 aromatic carbocycles. The van der Waals surface area contributed by atoms with Crippen molar-refractivity contribution in [3.63, 3.8) is 0 Å². The van der Waals surface area contributed by atoms with Crippen molar-refractivity contribution in [2.24, 2.45) is 10.9 Å². The van der Waals surface area contributed by atoms with Gasteiger partial charge in [-0.3, -0.25) is 4.99 Å². The first-order valence-electron chi connectivity index (χ1n) is 6.89. The standard InChI is InChI=1S/C15H22ClN3.HI/c1-12-6-5-9-19(11-12)15(17-2)18-10-13-7-3-4-8-14(13)16;/h3-4,7-8,12H,5-6,9-11H2,1-2H3,(H,17,18);1H. The first kappa shape index (κ1) is 17.6. The van der Waals surface area contributed by atoms with Gasteiger partial charge in [0.05, 0.1) is 0 Å². The summed E-state index contributed by atoms with van der Waals surface area (Å²) in [5.41, 5.74) is 1.11. The fraction of sp³-hybridized carbons (Fsp3) is 0.533. The summed E-state index contributed by atoms with van der Waals surface area (Å²) >= 11 is 6.17. The second-order valence-electron chi connectivity index (χ2n) is 5.19. The number of nitrogens with zero attached hydrogens (tertiary/aromatic N) is 2. The molecule has 0 aliphatic carbocycles. The van der Waals surface area contributed by atoms with Gasteiger partial charge in [-0.1, -0.05) is 36.7 Å². The fourth-order valence-electron chi connectivity index (χ4n) is 2.53. The van der Waals surface area contributed by atoms with Gasteiger partial charge < -0.3 is 10.2 Å². The Morgan fingerprint density at radius 1 is 1.45 bits per heavy atom. The Morgan fingerprint density at radius 2 is 2.20 bits per heavy atom. The van der Waals surface area contributed by atoms with E-state index in [0.29, 0.717) is 0 Å². The number of rotatable bonds is 2. The molecule has 20 heavy (non-hydrogen) atoms. The lowest BCUT2D eigenvalue weighted by molar-refractivity contribution is 0.266. The first-order valence-corrected chi connectivity index (χ1v) is 7.27. The molecule has 3 nitrogen and oxygen atoms in total. The highest BCUT2D eigenvalue weighted by Crippen LogP contribution is 2.17. The second kappa shape index (κ2) is 8.72. The molecule has 0 amide bonds. The van der Waals surface area contributed by atoms with Gasteiger partial charge in [-0.05, 0) is 30.4 Å². The Hall–Kier alpha value is -0.490. The van der Waals surface area contributed by atoms with Crippen LogP contribution in [0.15, 0.2) is 29.3 Å². The fourth-order valence-corrected chi connectivity index (χ4v) is 2.73. The molecular weight excluding hydrogens is 385 g/mol. The van der Waals surface area contributed by atoms with Gasteiger partial charge in [0, 0.05) is 31.7 Å². The molecule has 0 bridgehead atoms. The number of aliphatic imine (C=N–C) groups is 1. The van der Waals surface area contributed by atoms with Crippen LogP contribution in [-0.4, -0.2) is 31.0 Å². The van der Waals surface area contributed by atoms with Crippen molar-refractivity contribution in [1.29, 1.82) is 0 Å². The number of piperidine rings is 1. The van der Waals surface area contributed by atoms with Gasteiger partial charge >= 0.3 is 0 Å². The molecule has 1 fully saturated rings. The third kappa shape index (κ3) is 4.81. The molecule has 0 radical (unpaired) electrons. The second-order valence-corrected chi connectivity index (χ2v) is 5.59. The van der Waals surface area contributed by atoms with Crippen LogP contribution in [0.25, 0.3) is 0 Å². The molecule has 1 unspecified atom stereocenters. The number of hydrogen-bond acceptors (Lipinski definition) is 1. The van der Waals surface area contributed by atoms with Crippen LogP contribution in [0.2, 0.25) is 5.02 Å². The number of likely N-dealkylation sites (tertiary alicyclic amines) is 1. The van der Waals surface area contributed by atoms with E-state index in [1.807, 2.05) is 31.3 Å². The Bertz CT molecular complexity index is 450. The first-order chi connectivity index (χ1) is 9.20. The lowest BCUT2D eigenvalue weighted by Gasteiger charge is -2.33. The van der Waals surface area contributed by atoms with E-state index in [1.54, 1.807) is 0 Å². The maximum Gasteiger partial charge on any atom is 0.193 e. The molecule has 1 N–H and O–H groups in total. The zero-order valence-corrected chi connectivity index (χ0v) is 15.2. The smallest absolute Gasteiger partial charge is 0.193 e. The van der Waals surface area contributed by atoms with Crippen molar-refractivity contribution < 1.29 is 0 Å². The van der Waals surface area contributed by atoms with Crippen LogP contribution in [0.5, 0.6) is 0 Å². The number of hydrogen-bond donors (Lipinski definition) is 1. The van der Waals surface area contributed by atoms with Gasteiger partial charge in [-0.2, -0.15) is 0 Å². The molecule has 5 heteroatoms. The average molecular weight is 408 g/mol. The largest absolute Gasteiger partial charge is 0.352 e. The lowest BCUT2D eigenvalue weighted by atomic mass is 10.0. The summed E-state index contributed by atoms with van der Waals surface area (Å²) in [6, 6.07) is 7.92. The summed E-state index contributed by atoms with van der Waals surface area (Å²) in [7, 11) is 1.84. The van der Waals surface area contributed by atoms with Crippen LogP contribution in [0, 0.1) is 5.92 Å². The van der Waals surface area contributed by atoms with E-state index < -0.39 is 0 Å². The third-order valence-electron chi connectivity index (χ3n) is 3.56. The molecule has 112 valence electrons. The predicted molar refractivity (Wildman–Crippen MR) is 97.0 cm³/mol. The van der Waals surface area contributed by atoms with Gasteiger partial charge in [0.1, 0.15) is 0 Å². The van der Waals surface area contributed by atoms with Gasteiger partial charge in [0.2, 0.25) is 0 Å². The van der Waals surface area contributed by atoms with E-state index in [9.17, 15) is 0 Å². The molecule has 1 aliphatic rings. The summed E-state index contributed by atoms with van der Waals surface area (Å²) in [5.74, 6) is 1.72. The van der Waals surface area contributed by atoms with Crippen LogP contribution < -0.4 is 5.32 Å². The number of nitrogens with one attached hydrogen (secondary N) is 1. The third-order valence-corrected chi connectivity index (χ3v) is 3.93. The van der Waals surface area contributed by atoms with Crippen molar-refractivity contribution in [2.75, 3.05) is 20.1 Å². The minimum atomic E-state index is 0. The van der Waals surface area contributed by atoms with Gasteiger partial charge in [-0.15, -0.1) is 24.0 Å². The zero-order valence-electron chi connectivity index (χ0n) is 12.1. The molecule has 0 aromatic heterocycles. The summed E-state index contributed by atoms with van der Waals surface area (Å²) in [4.78, 5) is 6.72. The Morgan fingerprint density at radius 3 is 2.85 bits per heavy atom. The van der Waals surface area contributed by atoms with Crippen molar-refractivity contribution in [3.8, 4) is 0 Å². The Labute approximate surface area is 143 Å². The monoisotopic (exact) mass is 407 g/mol. The quantitative estimate of drug-likeness (QED) is 0.459. The van der Waals surface area contributed by atoms with Crippen LogP contribution in [0.4, 0.5) is 0 Å². The SMILES string of the molecule is CN=C(NCc1ccccc1Cl)N1CCCC(C)C1.I. The molecule has 1 aromatic rings. The van der Waals surface area contributed by atoms with E-state index in [4.69, 9.17) is 11.6 Å². The highest BCUT2D eigenvalue weighted by atomic mass is 127. The van der Waals surface area contributed by atoms with E-state index in [0.717, 1.165) is 42.1 Å². The van der Waals surface area contributed by atoms with Gasteiger partial charge in [-0.25, -0.2) is 0 Å². The molecular formula is C15H23ClIN3. The predicted octanol–water partition coefficient (Wildman–Crippen LogP) is 3.77.